The first-order valence-corrected chi connectivity index (χ1v) is 4.45. The van der Waals surface area contributed by atoms with E-state index in [-0.39, 0.29) is 16.7 Å². The summed E-state index contributed by atoms with van der Waals surface area (Å²) in [6.07, 6.45) is 2.91. The molecule has 1 rings (SSSR count). The fourth-order valence-corrected chi connectivity index (χ4v) is 0.841. The summed E-state index contributed by atoms with van der Waals surface area (Å²) in [6, 6.07) is 0. The van der Waals surface area contributed by atoms with Gasteiger partial charge in [0.15, 0.2) is 0 Å². The minimum Gasteiger partial charge on any atom is -0.477 e. The van der Waals surface area contributed by atoms with Crippen LogP contribution in [-0.4, -0.2) is 28.1 Å². The van der Waals surface area contributed by atoms with Gasteiger partial charge in [-0.2, -0.15) is 4.98 Å². The van der Waals surface area contributed by atoms with Gasteiger partial charge in [-0.15, -0.1) is 6.58 Å². The van der Waals surface area contributed by atoms with Gasteiger partial charge in [-0.25, -0.2) is 9.78 Å². The molecule has 0 aliphatic rings. The van der Waals surface area contributed by atoms with Gasteiger partial charge in [0.05, 0.1) is 0 Å². The van der Waals surface area contributed by atoms with Crippen LogP contribution in [0.3, 0.4) is 0 Å². The minimum atomic E-state index is -1.09. The molecule has 2 N–H and O–H groups in total. The van der Waals surface area contributed by atoms with E-state index in [0.717, 1.165) is 6.20 Å². The van der Waals surface area contributed by atoms with Crippen molar-refractivity contribution in [3.05, 3.63) is 29.7 Å². The summed E-state index contributed by atoms with van der Waals surface area (Å²) < 4.78 is 0. The van der Waals surface area contributed by atoms with Crippen LogP contribution in [0.25, 0.3) is 0 Å². The predicted octanol–water partition coefficient (Wildman–Crippen LogP) is 2.06. The summed E-state index contributed by atoms with van der Waals surface area (Å²) >= 11 is 5.45. The highest BCUT2D eigenvalue weighted by atomic mass is 35.5. The monoisotopic (exact) mass is 229 g/mol. The fraction of sp³-hybridized carbons (Fsp3) is 0.222. The molecule has 5 nitrogen and oxygen atoms in total. The number of hydrogen-bond acceptors (Lipinski definition) is 4. The quantitative estimate of drug-likeness (QED) is 0.600. The Morgan fingerprint density at radius 2 is 2.27 bits per heavy atom. The number of halogens is 1. The number of aromatic nitrogens is 2. The Morgan fingerprint density at radius 1 is 1.73 bits per heavy atom. The van der Waals surface area contributed by atoms with Crippen LogP contribution in [0, 0.1) is 0 Å². The van der Waals surface area contributed by atoms with E-state index in [0.29, 0.717) is 0 Å². The van der Waals surface area contributed by atoms with Crippen LogP contribution in [0.2, 0.25) is 5.28 Å². The van der Waals surface area contributed by atoms with Crippen molar-refractivity contribution < 1.29 is 9.90 Å². The van der Waals surface area contributed by atoms with Crippen molar-refractivity contribution in [1.82, 2.24) is 9.97 Å². The summed E-state index contributed by atoms with van der Waals surface area (Å²) in [5.41, 5.74) is 0.00176. The predicted molar refractivity (Wildman–Crippen MR) is 59.4 cm³/mol. The van der Waals surface area contributed by atoms with Crippen LogP contribution in [0.1, 0.15) is 17.3 Å². The largest absolute Gasteiger partial charge is 0.477 e. The molecule has 6 heteroatoms. The maximum absolute atomic E-state index is 10.5. The third-order valence-electron chi connectivity index (χ3n) is 1.23. The maximum atomic E-state index is 10.5. The molecule has 82 valence electrons. The molecule has 1 aromatic rings. The van der Waals surface area contributed by atoms with Crippen LogP contribution in [0.15, 0.2) is 18.9 Å². The van der Waals surface area contributed by atoms with E-state index in [1.54, 1.807) is 13.1 Å². The molecular weight excluding hydrogens is 218 g/mol. The molecule has 0 bridgehead atoms. The Balaban J connectivity index is 0.000000583. The second-order valence-electron chi connectivity index (χ2n) is 2.36. The molecule has 0 atom stereocenters. The second kappa shape index (κ2) is 6.78. The van der Waals surface area contributed by atoms with E-state index < -0.39 is 5.97 Å². The molecule has 0 spiro atoms. The Labute approximate surface area is 92.8 Å². The number of allylic oxidation sites excluding steroid dienone is 1. The highest BCUT2D eigenvalue weighted by Crippen LogP contribution is 2.12. The van der Waals surface area contributed by atoms with Crippen molar-refractivity contribution in [3.63, 3.8) is 0 Å². The minimum absolute atomic E-state index is 0.00176. The third kappa shape index (κ3) is 4.42. The van der Waals surface area contributed by atoms with Crippen molar-refractivity contribution >= 4 is 23.4 Å². The zero-order valence-electron chi connectivity index (χ0n) is 8.49. The molecule has 0 saturated carbocycles. The smallest absolute Gasteiger partial charge is 0.341 e. The molecular formula is C9H12ClN3O2. The summed E-state index contributed by atoms with van der Waals surface area (Å²) in [7, 11) is 1.56. The van der Waals surface area contributed by atoms with E-state index >= 15 is 0 Å². The average Bonchev–Trinajstić information content (AvgIpc) is 2.18. The van der Waals surface area contributed by atoms with Gasteiger partial charge >= 0.3 is 5.97 Å². The Bertz CT molecular complexity index is 355. The Hall–Kier alpha value is -1.62. The van der Waals surface area contributed by atoms with Crippen LogP contribution >= 0.6 is 11.6 Å². The SMILES string of the molecule is C=CC.CNc1nc(Cl)ncc1C(=O)O. The number of hydrogen-bond donors (Lipinski definition) is 2. The summed E-state index contributed by atoms with van der Waals surface area (Å²) in [5.74, 6) is -0.876. The lowest BCUT2D eigenvalue weighted by atomic mass is 10.3. The van der Waals surface area contributed by atoms with E-state index in [4.69, 9.17) is 16.7 Å². The van der Waals surface area contributed by atoms with Crippen molar-refractivity contribution in [3.8, 4) is 0 Å². The zero-order valence-corrected chi connectivity index (χ0v) is 9.25. The number of carboxylic acid groups (broad SMARTS) is 1. The maximum Gasteiger partial charge on any atom is 0.341 e. The summed E-state index contributed by atoms with van der Waals surface area (Å²) in [4.78, 5) is 17.7. The molecule has 0 saturated heterocycles. The summed E-state index contributed by atoms with van der Waals surface area (Å²) in [6.45, 7) is 5.25. The third-order valence-corrected chi connectivity index (χ3v) is 1.41. The van der Waals surface area contributed by atoms with Crippen molar-refractivity contribution in [1.29, 1.82) is 0 Å². The van der Waals surface area contributed by atoms with Gasteiger partial charge in [-0.1, -0.05) is 6.08 Å². The number of nitrogens with one attached hydrogen (secondary N) is 1. The molecule has 0 unspecified atom stereocenters. The van der Waals surface area contributed by atoms with Crippen LogP contribution in [0.5, 0.6) is 0 Å². The van der Waals surface area contributed by atoms with Crippen molar-refractivity contribution in [2.24, 2.45) is 0 Å². The van der Waals surface area contributed by atoms with E-state index in [1.807, 2.05) is 6.92 Å². The van der Waals surface area contributed by atoms with Gasteiger partial charge in [0, 0.05) is 13.2 Å². The number of carbonyl (C=O) groups is 1. The van der Waals surface area contributed by atoms with Gasteiger partial charge in [0.1, 0.15) is 11.4 Å². The average molecular weight is 230 g/mol. The standard InChI is InChI=1S/C6H6ClN3O2.C3H6/c1-8-4-3(5(11)12)2-9-6(7)10-4;1-3-2/h2H,1H3,(H,11,12)(H,8,9,10);3H,1H2,2H3. The van der Waals surface area contributed by atoms with Crippen LogP contribution < -0.4 is 5.32 Å². The van der Waals surface area contributed by atoms with Crippen LogP contribution in [0.4, 0.5) is 5.82 Å². The molecule has 0 aliphatic carbocycles. The van der Waals surface area contributed by atoms with Gasteiger partial charge in [0.25, 0.3) is 0 Å². The second-order valence-corrected chi connectivity index (χ2v) is 2.70. The Kier molecular flexibility index (Phi) is 6.05. The highest BCUT2D eigenvalue weighted by Gasteiger charge is 2.10. The van der Waals surface area contributed by atoms with Gasteiger partial charge in [0.2, 0.25) is 5.28 Å². The number of carboxylic acids is 1. The van der Waals surface area contributed by atoms with E-state index in [1.165, 1.54) is 0 Å². The van der Waals surface area contributed by atoms with Gasteiger partial charge in [-0.05, 0) is 18.5 Å². The van der Waals surface area contributed by atoms with Crippen molar-refractivity contribution in [2.45, 2.75) is 6.92 Å². The molecule has 1 heterocycles. The normalized spacial score (nSPS) is 8.47. The number of aromatic carboxylic acids is 1. The van der Waals surface area contributed by atoms with Crippen LogP contribution in [-0.2, 0) is 0 Å². The lowest BCUT2D eigenvalue weighted by Crippen LogP contribution is -2.05. The molecule has 0 amide bonds. The van der Waals surface area contributed by atoms with E-state index in [9.17, 15) is 4.79 Å². The van der Waals surface area contributed by atoms with Gasteiger partial charge in [-0.3, -0.25) is 0 Å². The van der Waals surface area contributed by atoms with Gasteiger partial charge < -0.3 is 10.4 Å². The fourth-order valence-electron chi connectivity index (χ4n) is 0.707. The highest BCUT2D eigenvalue weighted by molar-refractivity contribution is 6.28. The summed E-state index contributed by atoms with van der Waals surface area (Å²) in [5, 5.41) is 11.2. The first-order chi connectivity index (χ1) is 7.06. The Morgan fingerprint density at radius 3 is 2.67 bits per heavy atom. The lowest BCUT2D eigenvalue weighted by molar-refractivity contribution is 0.0697. The molecule has 1 aromatic heterocycles. The van der Waals surface area contributed by atoms with Crippen molar-refractivity contribution in [2.75, 3.05) is 12.4 Å². The molecule has 0 fully saturated rings. The number of nitrogens with zero attached hydrogens (tertiary/aromatic N) is 2. The number of anilines is 1. The first kappa shape index (κ1) is 13.4. The topological polar surface area (TPSA) is 75.1 Å². The first-order valence-electron chi connectivity index (χ1n) is 4.07. The van der Waals surface area contributed by atoms with E-state index in [2.05, 4.69) is 21.9 Å². The number of rotatable bonds is 2. The molecule has 0 radical (unpaired) electrons. The lowest BCUT2D eigenvalue weighted by Gasteiger charge is -2.02. The molecule has 15 heavy (non-hydrogen) atoms. The zero-order chi connectivity index (χ0) is 11.8. The molecule has 0 aromatic carbocycles. The molecule has 0 aliphatic heterocycles.